The quantitative estimate of drug-likeness (QED) is 0.464. The highest BCUT2D eigenvalue weighted by molar-refractivity contribution is 5.79. The van der Waals surface area contributed by atoms with Crippen LogP contribution in [0.4, 0.5) is 26.3 Å². The minimum absolute atomic E-state index is 0.0642. The van der Waals surface area contributed by atoms with E-state index in [1.54, 1.807) is 12.5 Å². The molecule has 0 radical (unpaired) electrons. The minimum Gasteiger partial charge on any atom is -0.475 e. The Morgan fingerprint density at radius 3 is 2.15 bits per heavy atom. The number of carbonyl (C=O) groups is 3. The molecule has 2 aromatic rings. The topological polar surface area (TPSA) is 142 Å². The molecule has 3 N–H and O–H groups in total. The van der Waals surface area contributed by atoms with E-state index in [1.165, 1.54) is 5.56 Å². The summed E-state index contributed by atoms with van der Waals surface area (Å²) in [5, 5.41) is 17.2. The van der Waals surface area contributed by atoms with E-state index in [0.717, 1.165) is 32.0 Å². The molecule has 0 aromatic carbocycles. The number of carboxylic acid groups (broad SMARTS) is 2. The molecular weight excluding hydrogens is 544 g/mol. The number of aliphatic carboxylic acids is 2. The van der Waals surface area contributed by atoms with Gasteiger partial charge in [-0.05, 0) is 35.6 Å². The lowest BCUT2D eigenvalue weighted by Crippen LogP contribution is -2.44. The molecule has 3 atom stereocenters. The third-order valence-corrected chi connectivity index (χ3v) is 5.68. The van der Waals surface area contributed by atoms with Gasteiger partial charge in [0.2, 0.25) is 5.91 Å². The maximum absolute atomic E-state index is 12.6. The highest BCUT2D eigenvalue weighted by Gasteiger charge is 2.44. The van der Waals surface area contributed by atoms with Crippen molar-refractivity contribution in [3.63, 3.8) is 0 Å². The van der Waals surface area contributed by atoms with Crippen molar-refractivity contribution in [1.29, 1.82) is 0 Å². The SMILES string of the molecule is O=C(NCc1ccco1)[C@H]1COC[C@H]2CN(Cc3cccnc3)C[C@H]21.O=C(O)C(F)(F)F.O=C(O)C(F)(F)F. The number of rotatable bonds is 5. The van der Waals surface area contributed by atoms with E-state index < -0.39 is 24.3 Å². The van der Waals surface area contributed by atoms with Crippen LogP contribution in [0.3, 0.4) is 0 Å². The van der Waals surface area contributed by atoms with E-state index in [1.807, 2.05) is 24.4 Å². The Labute approximate surface area is 217 Å². The van der Waals surface area contributed by atoms with Gasteiger partial charge in [-0.15, -0.1) is 0 Å². The first-order valence-corrected chi connectivity index (χ1v) is 11.3. The molecule has 0 aliphatic carbocycles. The molecule has 39 heavy (non-hydrogen) atoms. The van der Waals surface area contributed by atoms with Crippen molar-refractivity contribution in [2.75, 3.05) is 26.3 Å². The number of pyridine rings is 1. The Bertz CT molecular complexity index is 1040. The molecule has 0 unspecified atom stereocenters. The number of amides is 1. The summed E-state index contributed by atoms with van der Waals surface area (Å²) in [5.74, 6) is -4.00. The molecule has 2 aromatic heterocycles. The second-order valence-corrected chi connectivity index (χ2v) is 8.53. The van der Waals surface area contributed by atoms with Crippen molar-refractivity contribution in [3.8, 4) is 0 Å². The van der Waals surface area contributed by atoms with E-state index >= 15 is 0 Å². The molecule has 4 rings (SSSR count). The highest BCUT2D eigenvalue weighted by Crippen LogP contribution is 2.35. The third kappa shape index (κ3) is 10.6. The van der Waals surface area contributed by atoms with Crippen LogP contribution >= 0.6 is 0 Å². The molecule has 2 fully saturated rings. The number of fused-ring (bicyclic) bond motifs is 1. The van der Waals surface area contributed by atoms with Crippen molar-refractivity contribution in [1.82, 2.24) is 15.2 Å². The summed E-state index contributed by atoms with van der Waals surface area (Å²) >= 11 is 0. The van der Waals surface area contributed by atoms with Gasteiger partial charge in [-0.1, -0.05) is 6.07 Å². The lowest BCUT2D eigenvalue weighted by atomic mass is 9.82. The van der Waals surface area contributed by atoms with E-state index in [0.29, 0.717) is 25.0 Å². The lowest BCUT2D eigenvalue weighted by molar-refractivity contribution is -0.193. The van der Waals surface area contributed by atoms with Gasteiger partial charge in [0, 0.05) is 32.0 Å². The van der Waals surface area contributed by atoms with Gasteiger partial charge < -0.3 is 24.7 Å². The van der Waals surface area contributed by atoms with Crippen molar-refractivity contribution in [3.05, 3.63) is 54.2 Å². The maximum Gasteiger partial charge on any atom is 0.490 e. The number of likely N-dealkylation sites (tertiary alicyclic amines) is 1. The van der Waals surface area contributed by atoms with Gasteiger partial charge in [-0.2, -0.15) is 26.3 Å². The van der Waals surface area contributed by atoms with Gasteiger partial charge in [-0.25, -0.2) is 9.59 Å². The number of alkyl halides is 6. The average Bonchev–Trinajstić information content (AvgIpc) is 3.52. The standard InChI is InChI=1S/C19H23N3O3.2C2HF3O2/c23-19(21-8-16-4-2-6-25-16)18-13-24-12-15-10-22(11-17(15)18)9-14-3-1-5-20-7-14;2*3-2(4,5)1(6)7/h1-7,15,17-18H,8-13H2,(H,21,23);2*(H,6,7)/t15-,17-,18+;;/m1../s1. The Balaban J connectivity index is 0.000000317. The van der Waals surface area contributed by atoms with Gasteiger partial charge in [0.25, 0.3) is 0 Å². The first kappa shape index (κ1) is 31.6. The number of carboxylic acids is 2. The zero-order valence-corrected chi connectivity index (χ0v) is 20.1. The Kier molecular flexibility index (Phi) is 11.3. The van der Waals surface area contributed by atoms with Gasteiger partial charge in [0.15, 0.2) is 0 Å². The van der Waals surface area contributed by atoms with Crippen LogP contribution in [-0.2, 0) is 32.2 Å². The number of furan rings is 1. The van der Waals surface area contributed by atoms with E-state index in [9.17, 15) is 31.1 Å². The summed E-state index contributed by atoms with van der Waals surface area (Å²) in [6.45, 7) is 4.46. The largest absolute Gasteiger partial charge is 0.490 e. The fraction of sp³-hybridized carbons (Fsp3) is 0.478. The zero-order chi connectivity index (χ0) is 29.2. The fourth-order valence-corrected chi connectivity index (χ4v) is 3.96. The predicted molar refractivity (Wildman–Crippen MR) is 119 cm³/mol. The Morgan fingerprint density at radius 1 is 1.00 bits per heavy atom. The van der Waals surface area contributed by atoms with E-state index in [2.05, 4.69) is 21.3 Å². The number of hydrogen-bond acceptors (Lipinski definition) is 7. The molecule has 0 bridgehead atoms. The summed E-state index contributed by atoms with van der Waals surface area (Å²) < 4.78 is 74.5. The molecule has 1 amide bonds. The molecule has 0 spiro atoms. The van der Waals surface area contributed by atoms with Crippen LogP contribution in [-0.4, -0.2) is 76.6 Å². The fourth-order valence-electron chi connectivity index (χ4n) is 3.96. The van der Waals surface area contributed by atoms with Crippen molar-refractivity contribution >= 4 is 17.8 Å². The van der Waals surface area contributed by atoms with Gasteiger partial charge in [-0.3, -0.25) is 14.7 Å². The lowest BCUT2D eigenvalue weighted by Gasteiger charge is -2.31. The first-order chi connectivity index (χ1) is 18.2. The monoisotopic (exact) mass is 569 g/mol. The van der Waals surface area contributed by atoms with Crippen LogP contribution in [0.5, 0.6) is 0 Å². The number of halogens is 6. The summed E-state index contributed by atoms with van der Waals surface area (Å²) in [5.41, 5.74) is 1.21. The van der Waals surface area contributed by atoms with Crippen LogP contribution in [0.2, 0.25) is 0 Å². The van der Waals surface area contributed by atoms with E-state index in [-0.39, 0.29) is 11.8 Å². The average molecular weight is 569 g/mol. The van der Waals surface area contributed by atoms with E-state index in [4.69, 9.17) is 29.0 Å². The second-order valence-electron chi connectivity index (χ2n) is 8.53. The Morgan fingerprint density at radius 2 is 1.64 bits per heavy atom. The summed E-state index contributed by atoms with van der Waals surface area (Å²) in [4.78, 5) is 37.0. The number of nitrogens with zero attached hydrogens (tertiary/aromatic N) is 2. The van der Waals surface area contributed by atoms with Crippen molar-refractivity contribution < 1.29 is 60.1 Å². The van der Waals surface area contributed by atoms with Crippen molar-refractivity contribution in [2.24, 2.45) is 17.8 Å². The summed E-state index contributed by atoms with van der Waals surface area (Å²) in [6, 6.07) is 7.76. The van der Waals surface area contributed by atoms with Crippen LogP contribution in [0.15, 0.2) is 47.3 Å². The van der Waals surface area contributed by atoms with Gasteiger partial charge in [0.1, 0.15) is 5.76 Å². The second kappa shape index (κ2) is 13.9. The third-order valence-electron chi connectivity index (χ3n) is 5.68. The molecule has 4 heterocycles. The van der Waals surface area contributed by atoms with Crippen LogP contribution in [0, 0.1) is 17.8 Å². The number of ether oxygens (including phenoxy) is 1. The molecule has 2 saturated heterocycles. The molecule has 16 heteroatoms. The normalized spacial score (nSPS) is 20.9. The number of nitrogens with one attached hydrogen (secondary N) is 1. The molecule has 0 saturated carbocycles. The molecule has 216 valence electrons. The molecule has 10 nitrogen and oxygen atoms in total. The molecule has 2 aliphatic rings. The highest BCUT2D eigenvalue weighted by atomic mass is 19.4. The maximum atomic E-state index is 12.6. The number of carbonyl (C=O) groups excluding carboxylic acids is 1. The number of aromatic nitrogens is 1. The molecule has 2 aliphatic heterocycles. The molecular formula is C23H25F6N3O7. The van der Waals surface area contributed by atoms with Crippen LogP contribution < -0.4 is 5.32 Å². The van der Waals surface area contributed by atoms with Crippen LogP contribution in [0.1, 0.15) is 11.3 Å². The Hall–Kier alpha value is -3.66. The smallest absolute Gasteiger partial charge is 0.475 e. The summed E-state index contributed by atoms with van der Waals surface area (Å²) in [6.07, 6.45) is -4.85. The van der Waals surface area contributed by atoms with Crippen LogP contribution in [0.25, 0.3) is 0 Å². The van der Waals surface area contributed by atoms with Gasteiger partial charge >= 0.3 is 24.3 Å². The predicted octanol–water partition coefficient (Wildman–Crippen LogP) is 2.95. The number of hydrogen-bond donors (Lipinski definition) is 3. The minimum atomic E-state index is -5.08. The van der Waals surface area contributed by atoms with Gasteiger partial charge in [0.05, 0.1) is 31.9 Å². The summed E-state index contributed by atoms with van der Waals surface area (Å²) in [7, 11) is 0. The van der Waals surface area contributed by atoms with Crippen molar-refractivity contribution in [2.45, 2.75) is 25.4 Å². The zero-order valence-electron chi connectivity index (χ0n) is 20.1. The first-order valence-electron chi connectivity index (χ1n) is 11.3.